The number of anilines is 1. The summed E-state index contributed by atoms with van der Waals surface area (Å²) in [7, 11) is 4.05. The zero-order valence-electron chi connectivity index (χ0n) is 16.7. The molecule has 0 spiro atoms. The van der Waals surface area contributed by atoms with Crippen molar-refractivity contribution in [1.82, 2.24) is 15.2 Å². The molecule has 0 radical (unpaired) electrons. The molecule has 0 aromatic carbocycles. The number of aromatic nitrogens is 1. The number of rotatable bonds is 6. The first-order chi connectivity index (χ1) is 12.7. The Morgan fingerprint density at radius 2 is 2.04 bits per heavy atom. The summed E-state index contributed by atoms with van der Waals surface area (Å²) in [6.45, 7) is 6.73. The van der Waals surface area contributed by atoms with Crippen LogP contribution in [-0.4, -0.2) is 56.1 Å². The van der Waals surface area contributed by atoms with Crippen molar-refractivity contribution in [2.45, 2.75) is 51.9 Å². The summed E-state index contributed by atoms with van der Waals surface area (Å²) in [5, 5.41) is 6.93. The molecule has 1 aliphatic carbocycles. The summed E-state index contributed by atoms with van der Waals surface area (Å²) in [5.41, 5.74) is 1.20. The van der Waals surface area contributed by atoms with Gasteiger partial charge in [-0.3, -0.25) is 4.99 Å². The van der Waals surface area contributed by atoms with Crippen molar-refractivity contribution in [1.29, 1.82) is 0 Å². The SMILES string of the molecule is CN=C(NCCc1csc(N2CCCC2)n1)N(C)CC1CCC(C)CC1. The highest BCUT2D eigenvalue weighted by Crippen LogP contribution is 2.28. The van der Waals surface area contributed by atoms with E-state index in [1.165, 1.54) is 62.4 Å². The molecule has 6 heteroatoms. The largest absolute Gasteiger partial charge is 0.356 e. The molecule has 1 saturated carbocycles. The fourth-order valence-corrected chi connectivity index (χ4v) is 5.05. The van der Waals surface area contributed by atoms with E-state index in [0.717, 1.165) is 37.3 Å². The Morgan fingerprint density at radius 1 is 1.31 bits per heavy atom. The summed E-state index contributed by atoms with van der Waals surface area (Å²) in [6, 6.07) is 0. The molecule has 2 heterocycles. The second kappa shape index (κ2) is 9.58. The van der Waals surface area contributed by atoms with E-state index >= 15 is 0 Å². The summed E-state index contributed by atoms with van der Waals surface area (Å²) in [5.74, 6) is 2.74. The third-order valence-electron chi connectivity index (χ3n) is 5.82. The van der Waals surface area contributed by atoms with Gasteiger partial charge in [0.15, 0.2) is 11.1 Å². The summed E-state index contributed by atoms with van der Waals surface area (Å²) in [4.78, 5) is 14.0. The standard InChI is InChI=1S/C20H35N5S/c1-16-6-8-17(9-7-16)14-24(3)19(21-2)22-11-10-18-15-26-20(23-18)25-12-4-5-13-25/h15-17H,4-14H2,1-3H3,(H,21,22). The lowest BCUT2D eigenvalue weighted by Gasteiger charge is -2.31. The lowest BCUT2D eigenvalue weighted by molar-refractivity contribution is 0.250. The Labute approximate surface area is 162 Å². The molecular formula is C20H35N5S. The zero-order chi connectivity index (χ0) is 18.4. The molecule has 0 amide bonds. The quantitative estimate of drug-likeness (QED) is 0.607. The Kier molecular flexibility index (Phi) is 7.17. The first-order valence-corrected chi connectivity index (χ1v) is 11.1. The van der Waals surface area contributed by atoms with Gasteiger partial charge >= 0.3 is 0 Å². The molecule has 0 atom stereocenters. The van der Waals surface area contributed by atoms with Gasteiger partial charge in [-0.15, -0.1) is 11.3 Å². The van der Waals surface area contributed by atoms with Crippen molar-refractivity contribution in [3.63, 3.8) is 0 Å². The Morgan fingerprint density at radius 3 is 2.73 bits per heavy atom. The predicted molar refractivity (Wildman–Crippen MR) is 112 cm³/mol. The van der Waals surface area contributed by atoms with Crippen molar-refractivity contribution in [3.05, 3.63) is 11.1 Å². The molecule has 2 fully saturated rings. The zero-order valence-corrected chi connectivity index (χ0v) is 17.5. The highest BCUT2D eigenvalue weighted by Gasteiger charge is 2.20. The maximum absolute atomic E-state index is 4.81. The second-order valence-corrected chi connectivity index (χ2v) is 8.88. The van der Waals surface area contributed by atoms with Crippen molar-refractivity contribution in [2.24, 2.45) is 16.8 Å². The molecule has 1 aliphatic heterocycles. The van der Waals surface area contributed by atoms with Gasteiger partial charge in [0.1, 0.15) is 0 Å². The molecule has 1 N–H and O–H groups in total. The van der Waals surface area contributed by atoms with Crippen LogP contribution < -0.4 is 10.2 Å². The van der Waals surface area contributed by atoms with Gasteiger partial charge < -0.3 is 15.1 Å². The number of aliphatic imine (C=N–C) groups is 1. The van der Waals surface area contributed by atoms with Gasteiger partial charge in [-0.05, 0) is 37.5 Å². The van der Waals surface area contributed by atoms with E-state index in [4.69, 9.17) is 4.98 Å². The topological polar surface area (TPSA) is 43.8 Å². The van der Waals surface area contributed by atoms with Gasteiger partial charge in [-0.2, -0.15) is 0 Å². The van der Waals surface area contributed by atoms with Crippen molar-refractivity contribution in [3.8, 4) is 0 Å². The number of guanidine groups is 1. The number of nitrogens with zero attached hydrogens (tertiary/aromatic N) is 4. The van der Waals surface area contributed by atoms with Crippen LogP contribution in [0.5, 0.6) is 0 Å². The summed E-state index contributed by atoms with van der Waals surface area (Å²) in [6.07, 6.45) is 9.05. The Hall–Kier alpha value is -1.30. The molecule has 26 heavy (non-hydrogen) atoms. The third-order valence-corrected chi connectivity index (χ3v) is 6.77. The van der Waals surface area contributed by atoms with Crippen LogP contribution in [0.2, 0.25) is 0 Å². The van der Waals surface area contributed by atoms with Crippen LogP contribution >= 0.6 is 11.3 Å². The minimum Gasteiger partial charge on any atom is -0.356 e. The number of thiazole rings is 1. The fourth-order valence-electron chi connectivity index (χ4n) is 4.14. The molecule has 5 nitrogen and oxygen atoms in total. The van der Waals surface area contributed by atoms with Crippen LogP contribution in [0, 0.1) is 11.8 Å². The number of hydrogen-bond donors (Lipinski definition) is 1. The van der Waals surface area contributed by atoms with Gasteiger partial charge in [0, 0.05) is 52.1 Å². The van der Waals surface area contributed by atoms with E-state index in [1.807, 2.05) is 7.05 Å². The van der Waals surface area contributed by atoms with Gasteiger partial charge in [0.2, 0.25) is 0 Å². The summed E-state index contributed by atoms with van der Waals surface area (Å²) >= 11 is 1.79. The molecule has 3 rings (SSSR count). The maximum Gasteiger partial charge on any atom is 0.193 e. The minimum absolute atomic E-state index is 0.816. The lowest BCUT2D eigenvalue weighted by Crippen LogP contribution is -2.42. The van der Waals surface area contributed by atoms with Crippen molar-refractivity contribution >= 4 is 22.4 Å². The normalized spacial score (nSPS) is 24.1. The molecular weight excluding hydrogens is 342 g/mol. The molecule has 146 valence electrons. The van der Waals surface area contributed by atoms with E-state index in [-0.39, 0.29) is 0 Å². The molecule has 0 unspecified atom stereocenters. The highest BCUT2D eigenvalue weighted by molar-refractivity contribution is 7.13. The number of hydrogen-bond acceptors (Lipinski definition) is 4. The van der Waals surface area contributed by atoms with Crippen LogP contribution in [0.25, 0.3) is 0 Å². The predicted octanol–water partition coefficient (Wildman–Crippen LogP) is 3.62. The highest BCUT2D eigenvalue weighted by atomic mass is 32.1. The minimum atomic E-state index is 0.816. The molecule has 1 aromatic rings. The van der Waals surface area contributed by atoms with Crippen LogP contribution in [0.4, 0.5) is 5.13 Å². The monoisotopic (exact) mass is 377 g/mol. The Bertz CT molecular complexity index is 571. The molecule has 1 saturated heterocycles. The van der Waals surface area contributed by atoms with E-state index in [1.54, 1.807) is 11.3 Å². The second-order valence-electron chi connectivity index (χ2n) is 8.05. The van der Waals surface area contributed by atoms with Crippen LogP contribution in [0.15, 0.2) is 10.4 Å². The van der Waals surface area contributed by atoms with Gasteiger partial charge in [0.05, 0.1) is 5.69 Å². The third kappa shape index (κ3) is 5.35. The first-order valence-electron chi connectivity index (χ1n) is 10.3. The first kappa shape index (κ1) is 19.5. The smallest absolute Gasteiger partial charge is 0.193 e. The average Bonchev–Trinajstić information content (AvgIpc) is 3.32. The lowest BCUT2D eigenvalue weighted by atomic mass is 9.83. The van der Waals surface area contributed by atoms with Crippen molar-refractivity contribution < 1.29 is 0 Å². The van der Waals surface area contributed by atoms with E-state index < -0.39 is 0 Å². The van der Waals surface area contributed by atoms with Crippen LogP contribution in [0.1, 0.15) is 51.1 Å². The molecule has 0 bridgehead atoms. The Balaban J connectivity index is 1.41. The average molecular weight is 378 g/mol. The molecule has 2 aliphatic rings. The fraction of sp³-hybridized carbons (Fsp3) is 0.800. The van der Waals surface area contributed by atoms with E-state index in [9.17, 15) is 0 Å². The van der Waals surface area contributed by atoms with E-state index in [0.29, 0.717) is 0 Å². The van der Waals surface area contributed by atoms with Gasteiger partial charge in [0.25, 0.3) is 0 Å². The van der Waals surface area contributed by atoms with Crippen LogP contribution in [-0.2, 0) is 6.42 Å². The van der Waals surface area contributed by atoms with Gasteiger partial charge in [-0.1, -0.05) is 19.8 Å². The maximum atomic E-state index is 4.81. The van der Waals surface area contributed by atoms with Crippen molar-refractivity contribution in [2.75, 3.05) is 45.2 Å². The van der Waals surface area contributed by atoms with Gasteiger partial charge in [-0.25, -0.2) is 4.98 Å². The van der Waals surface area contributed by atoms with E-state index in [2.05, 4.69) is 39.5 Å². The number of nitrogens with one attached hydrogen (secondary N) is 1. The summed E-state index contributed by atoms with van der Waals surface area (Å²) < 4.78 is 0. The van der Waals surface area contributed by atoms with Crippen LogP contribution in [0.3, 0.4) is 0 Å². The molecule has 1 aromatic heterocycles.